The van der Waals surface area contributed by atoms with Crippen LogP contribution in [0.4, 0.5) is 0 Å². The van der Waals surface area contributed by atoms with Gasteiger partial charge in [0.1, 0.15) is 10.7 Å². The average Bonchev–Trinajstić information content (AvgIpc) is 2.29. The van der Waals surface area contributed by atoms with Gasteiger partial charge in [-0.15, -0.1) is 0 Å². The van der Waals surface area contributed by atoms with Crippen molar-refractivity contribution in [3.8, 4) is 11.6 Å². The van der Waals surface area contributed by atoms with Gasteiger partial charge in [0.15, 0.2) is 11.6 Å². The summed E-state index contributed by atoms with van der Waals surface area (Å²) >= 11 is 5.69. The van der Waals surface area contributed by atoms with Crippen LogP contribution in [-0.2, 0) is 0 Å². The summed E-state index contributed by atoms with van der Waals surface area (Å²) in [4.78, 5) is 26.2. The molecule has 0 spiro atoms. The van der Waals surface area contributed by atoms with E-state index in [4.69, 9.17) is 16.7 Å². The molecule has 0 unspecified atom stereocenters. The molecule has 0 bridgehead atoms. The Bertz CT molecular complexity index is 532. The van der Waals surface area contributed by atoms with Gasteiger partial charge in [-0.25, -0.2) is 24.7 Å². The zero-order chi connectivity index (χ0) is 11.5. The van der Waals surface area contributed by atoms with Crippen molar-refractivity contribution in [2.24, 2.45) is 0 Å². The molecule has 2 heterocycles. The van der Waals surface area contributed by atoms with Crippen LogP contribution in [0.3, 0.4) is 0 Å². The molecule has 0 radical (unpaired) electrons. The van der Waals surface area contributed by atoms with Crippen molar-refractivity contribution in [3.63, 3.8) is 0 Å². The molecule has 0 aliphatic carbocycles. The maximum absolute atomic E-state index is 10.7. The van der Waals surface area contributed by atoms with Gasteiger partial charge in [-0.2, -0.15) is 0 Å². The van der Waals surface area contributed by atoms with Crippen LogP contribution in [0.25, 0.3) is 11.6 Å². The van der Waals surface area contributed by atoms with Gasteiger partial charge in [0, 0.05) is 18.6 Å². The smallest absolute Gasteiger partial charge is 0.340 e. The quantitative estimate of drug-likeness (QED) is 0.791. The highest BCUT2D eigenvalue weighted by Crippen LogP contribution is 2.15. The molecular weight excluding hydrogens is 232 g/mol. The second-order valence-electron chi connectivity index (χ2n) is 2.78. The number of aromatic nitrogens is 4. The third-order valence-corrected chi connectivity index (χ3v) is 2.03. The fourth-order valence-corrected chi connectivity index (χ4v) is 1.24. The number of carboxylic acids is 1. The van der Waals surface area contributed by atoms with E-state index >= 15 is 0 Å². The molecule has 0 aromatic carbocycles. The molecule has 2 rings (SSSR count). The minimum atomic E-state index is -1.18. The number of halogens is 1. The largest absolute Gasteiger partial charge is 0.478 e. The fourth-order valence-electron chi connectivity index (χ4n) is 1.03. The number of nitrogens with zero attached hydrogens (tertiary/aromatic N) is 4. The van der Waals surface area contributed by atoms with Crippen LogP contribution in [0.1, 0.15) is 10.4 Å². The molecule has 2 aromatic heterocycles. The van der Waals surface area contributed by atoms with Crippen LogP contribution in [0.5, 0.6) is 0 Å². The van der Waals surface area contributed by atoms with Gasteiger partial charge in [-0.05, 0) is 6.07 Å². The SMILES string of the molecule is O=C(O)c1cnc(-c2ncccn2)nc1Cl. The van der Waals surface area contributed by atoms with Crippen molar-refractivity contribution in [3.05, 3.63) is 35.4 Å². The number of carboxylic acid groups (broad SMARTS) is 1. The maximum Gasteiger partial charge on any atom is 0.340 e. The van der Waals surface area contributed by atoms with Crippen molar-refractivity contribution in [2.45, 2.75) is 0 Å². The van der Waals surface area contributed by atoms with Crippen LogP contribution < -0.4 is 0 Å². The first-order valence-electron chi connectivity index (χ1n) is 4.21. The molecule has 6 nitrogen and oxygen atoms in total. The molecule has 16 heavy (non-hydrogen) atoms. The summed E-state index contributed by atoms with van der Waals surface area (Å²) in [6.45, 7) is 0. The third-order valence-electron chi connectivity index (χ3n) is 1.74. The summed E-state index contributed by atoms with van der Waals surface area (Å²) in [7, 11) is 0. The third kappa shape index (κ3) is 1.96. The molecule has 2 aromatic rings. The van der Waals surface area contributed by atoms with Crippen molar-refractivity contribution in [1.29, 1.82) is 0 Å². The Morgan fingerprint density at radius 2 is 1.88 bits per heavy atom. The second kappa shape index (κ2) is 4.19. The Labute approximate surface area is 95.0 Å². The summed E-state index contributed by atoms with van der Waals surface area (Å²) in [6.07, 6.45) is 4.19. The van der Waals surface area contributed by atoms with E-state index in [1.807, 2.05) is 0 Å². The monoisotopic (exact) mass is 236 g/mol. The highest BCUT2D eigenvalue weighted by molar-refractivity contribution is 6.32. The molecule has 0 amide bonds. The maximum atomic E-state index is 10.7. The lowest BCUT2D eigenvalue weighted by molar-refractivity contribution is 0.0696. The minimum Gasteiger partial charge on any atom is -0.478 e. The summed E-state index contributed by atoms with van der Waals surface area (Å²) in [5.41, 5.74) is -0.152. The van der Waals surface area contributed by atoms with E-state index in [0.717, 1.165) is 6.20 Å². The fraction of sp³-hybridized carbons (Fsp3) is 0. The lowest BCUT2D eigenvalue weighted by Gasteiger charge is -2.00. The van der Waals surface area contributed by atoms with Crippen LogP contribution in [0.15, 0.2) is 24.7 Å². The van der Waals surface area contributed by atoms with E-state index in [-0.39, 0.29) is 16.5 Å². The van der Waals surface area contributed by atoms with Crippen molar-refractivity contribution < 1.29 is 9.90 Å². The van der Waals surface area contributed by atoms with E-state index in [2.05, 4.69) is 19.9 Å². The zero-order valence-corrected chi connectivity index (χ0v) is 8.59. The van der Waals surface area contributed by atoms with Gasteiger partial charge in [0.05, 0.1) is 0 Å². The van der Waals surface area contributed by atoms with Gasteiger partial charge in [0.25, 0.3) is 0 Å². The number of hydrogen-bond donors (Lipinski definition) is 1. The molecule has 0 aliphatic rings. The number of aromatic carboxylic acids is 1. The lowest BCUT2D eigenvalue weighted by Crippen LogP contribution is -2.03. The van der Waals surface area contributed by atoms with Crippen molar-refractivity contribution in [1.82, 2.24) is 19.9 Å². The molecule has 0 saturated heterocycles. The van der Waals surface area contributed by atoms with Crippen LogP contribution in [0.2, 0.25) is 5.15 Å². The second-order valence-corrected chi connectivity index (χ2v) is 3.13. The van der Waals surface area contributed by atoms with Crippen LogP contribution >= 0.6 is 11.6 Å². The Balaban J connectivity index is 2.46. The van der Waals surface area contributed by atoms with Gasteiger partial charge in [-0.3, -0.25) is 0 Å². The molecular formula is C9H5ClN4O2. The first kappa shape index (κ1) is 10.4. The van der Waals surface area contributed by atoms with Gasteiger partial charge in [-0.1, -0.05) is 11.6 Å². The summed E-state index contributed by atoms with van der Waals surface area (Å²) in [6, 6.07) is 1.65. The average molecular weight is 237 g/mol. The van der Waals surface area contributed by atoms with Crippen molar-refractivity contribution in [2.75, 3.05) is 0 Å². The van der Waals surface area contributed by atoms with E-state index < -0.39 is 5.97 Å². The van der Waals surface area contributed by atoms with E-state index in [1.165, 1.54) is 12.4 Å². The van der Waals surface area contributed by atoms with Crippen LogP contribution in [0, 0.1) is 0 Å². The normalized spacial score (nSPS) is 10.1. The first-order chi connectivity index (χ1) is 7.68. The van der Waals surface area contributed by atoms with Gasteiger partial charge in [0.2, 0.25) is 0 Å². The lowest BCUT2D eigenvalue weighted by atomic mass is 10.3. The molecule has 0 fully saturated rings. The van der Waals surface area contributed by atoms with Crippen molar-refractivity contribution >= 4 is 17.6 Å². The molecule has 80 valence electrons. The molecule has 1 N–H and O–H groups in total. The molecule has 0 saturated carbocycles. The molecule has 0 atom stereocenters. The van der Waals surface area contributed by atoms with Gasteiger partial charge < -0.3 is 5.11 Å². The van der Waals surface area contributed by atoms with E-state index in [1.54, 1.807) is 6.07 Å². The standard InChI is InChI=1S/C9H5ClN4O2/c10-6-5(9(15)16)4-13-8(14-6)7-11-2-1-3-12-7/h1-4H,(H,15,16). The predicted molar refractivity (Wildman–Crippen MR) is 55.0 cm³/mol. The minimum absolute atomic E-state index is 0.134. The zero-order valence-electron chi connectivity index (χ0n) is 7.83. The topological polar surface area (TPSA) is 88.9 Å². The Morgan fingerprint density at radius 1 is 1.19 bits per heavy atom. The summed E-state index contributed by atoms with van der Waals surface area (Å²) < 4.78 is 0. The van der Waals surface area contributed by atoms with E-state index in [9.17, 15) is 4.79 Å². The number of hydrogen-bond acceptors (Lipinski definition) is 5. The molecule has 7 heteroatoms. The summed E-state index contributed by atoms with van der Waals surface area (Å²) in [5, 5.41) is 8.60. The van der Waals surface area contributed by atoms with Crippen LogP contribution in [-0.4, -0.2) is 31.0 Å². The summed E-state index contributed by atoms with van der Waals surface area (Å²) in [5.74, 6) is -0.692. The van der Waals surface area contributed by atoms with Gasteiger partial charge >= 0.3 is 5.97 Å². The Hall–Kier alpha value is -2.08. The Kier molecular flexibility index (Phi) is 2.74. The number of rotatable bonds is 2. The first-order valence-corrected chi connectivity index (χ1v) is 4.59. The highest BCUT2D eigenvalue weighted by Gasteiger charge is 2.13. The number of carbonyl (C=O) groups is 1. The Morgan fingerprint density at radius 3 is 2.44 bits per heavy atom. The molecule has 0 aliphatic heterocycles. The predicted octanol–water partition coefficient (Wildman–Crippen LogP) is 1.29. The highest BCUT2D eigenvalue weighted by atomic mass is 35.5. The van der Waals surface area contributed by atoms with E-state index in [0.29, 0.717) is 5.82 Å².